The summed E-state index contributed by atoms with van der Waals surface area (Å²) in [6.45, 7) is 2.27. The Morgan fingerprint density at radius 3 is 2.55 bits per heavy atom. The van der Waals surface area contributed by atoms with Gasteiger partial charge in [0.2, 0.25) is 5.91 Å². The smallest absolute Gasteiger partial charge is 0.331 e. The van der Waals surface area contributed by atoms with Gasteiger partial charge in [0.15, 0.2) is 5.65 Å². The summed E-state index contributed by atoms with van der Waals surface area (Å²) in [4.78, 5) is 29.4. The van der Waals surface area contributed by atoms with E-state index >= 15 is 0 Å². The van der Waals surface area contributed by atoms with Gasteiger partial charge in [-0.3, -0.25) is 13.9 Å². The Morgan fingerprint density at radius 1 is 1.17 bits per heavy atom. The summed E-state index contributed by atoms with van der Waals surface area (Å²) in [5, 5.41) is 12.9. The minimum atomic E-state index is -0.457. The van der Waals surface area contributed by atoms with E-state index in [0.717, 1.165) is 18.4 Å². The van der Waals surface area contributed by atoms with Crippen molar-refractivity contribution in [2.24, 2.45) is 0 Å². The molecule has 1 amide bonds. The lowest BCUT2D eigenvalue weighted by Crippen LogP contribution is -2.33. The first-order valence-corrected chi connectivity index (χ1v) is 9.89. The van der Waals surface area contributed by atoms with Gasteiger partial charge in [-0.05, 0) is 36.2 Å². The fraction of sp³-hybridized carbons (Fsp3) is 0.300. The van der Waals surface area contributed by atoms with Gasteiger partial charge in [-0.15, -0.1) is 0 Å². The third-order valence-electron chi connectivity index (χ3n) is 4.43. The van der Waals surface area contributed by atoms with Gasteiger partial charge in [0.25, 0.3) is 0 Å². The molecule has 0 atom stereocenters. The molecular formula is C20H19Cl2N5O2. The molecule has 0 saturated carbocycles. The molecule has 3 aromatic rings. The second kappa shape index (κ2) is 9.12. The fourth-order valence-electron chi connectivity index (χ4n) is 3.04. The number of aromatic nitrogens is 3. The van der Waals surface area contributed by atoms with Crippen molar-refractivity contribution < 1.29 is 4.79 Å². The highest BCUT2D eigenvalue weighted by molar-refractivity contribution is 6.35. The molecule has 3 rings (SSSR count). The molecule has 29 heavy (non-hydrogen) atoms. The molecule has 0 aliphatic rings. The van der Waals surface area contributed by atoms with E-state index in [1.54, 1.807) is 30.5 Å². The molecule has 0 bridgehead atoms. The summed E-state index contributed by atoms with van der Waals surface area (Å²) < 4.78 is 2.58. The van der Waals surface area contributed by atoms with Crippen LogP contribution in [0, 0.1) is 11.3 Å². The summed E-state index contributed by atoms with van der Waals surface area (Å²) >= 11 is 12.2. The number of imidazole rings is 1. The first-order chi connectivity index (χ1) is 13.9. The van der Waals surface area contributed by atoms with Crippen molar-refractivity contribution in [2.75, 3.05) is 6.54 Å². The number of rotatable bonds is 7. The Labute approximate surface area is 177 Å². The van der Waals surface area contributed by atoms with Crippen LogP contribution in [0.25, 0.3) is 22.3 Å². The summed E-state index contributed by atoms with van der Waals surface area (Å²) in [7, 11) is 0. The van der Waals surface area contributed by atoms with Crippen molar-refractivity contribution in [1.29, 1.82) is 5.26 Å². The third-order valence-corrected chi connectivity index (χ3v) is 4.87. The topological polar surface area (TPSA) is 92.7 Å². The van der Waals surface area contributed by atoms with Gasteiger partial charge in [0, 0.05) is 28.4 Å². The Balaban J connectivity index is 2.06. The zero-order chi connectivity index (χ0) is 21.0. The van der Waals surface area contributed by atoms with Crippen LogP contribution in [0.1, 0.15) is 19.8 Å². The number of pyridine rings is 1. The van der Waals surface area contributed by atoms with Crippen LogP contribution in [-0.2, 0) is 17.9 Å². The molecule has 0 aliphatic carbocycles. The second-order valence-electron chi connectivity index (χ2n) is 6.54. The van der Waals surface area contributed by atoms with Crippen LogP contribution in [0.15, 0.2) is 35.3 Å². The zero-order valence-corrected chi connectivity index (χ0v) is 17.3. The van der Waals surface area contributed by atoms with Crippen LogP contribution >= 0.6 is 23.2 Å². The predicted octanol–water partition coefficient (Wildman–Crippen LogP) is 3.61. The average molecular weight is 432 g/mol. The lowest BCUT2D eigenvalue weighted by atomic mass is 10.1. The predicted molar refractivity (Wildman–Crippen MR) is 113 cm³/mol. The van der Waals surface area contributed by atoms with E-state index in [9.17, 15) is 9.59 Å². The fourth-order valence-corrected chi connectivity index (χ4v) is 3.57. The SMILES string of the molecule is CCCCNC(=O)Cn1c(=O)n(CC#N)c2cc(-c3cc(Cl)cc(Cl)c3)cnc21. The number of hydrogen-bond acceptors (Lipinski definition) is 4. The Morgan fingerprint density at radius 2 is 1.90 bits per heavy atom. The molecule has 9 heteroatoms. The van der Waals surface area contributed by atoms with Gasteiger partial charge in [0.1, 0.15) is 13.1 Å². The van der Waals surface area contributed by atoms with Gasteiger partial charge < -0.3 is 5.32 Å². The van der Waals surface area contributed by atoms with Crippen molar-refractivity contribution in [1.82, 2.24) is 19.4 Å². The summed E-state index contributed by atoms with van der Waals surface area (Å²) in [5.41, 5.74) is 1.77. The van der Waals surface area contributed by atoms with Crippen LogP contribution < -0.4 is 11.0 Å². The quantitative estimate of drug-likeness (QED) is 0.578. The first kappa shape index (κ1) is 20.9. The molecule has 0 unspecified atom stereocenters. The van der Waals surface area contributed by atoms with Crippen LogP contribution in [0.2, 0.25) is 10.0 Å². The molecule has 1 N–H and O–H groups in total. The number of nitriles is 1. The largest absolute Gasteiger partial charge is 0.355 e. The van der Waals surface area contributed by atoms with E-state index in [2.05, 4.69) is 10.3 Å². The lowest BCUT2D eigenvalue weighted by molar-refractivity contribution is -0.121. The van der Waals surface area contributed by atoms with E-state index in [1.165, 1.54) is 9.13 Å². The van der Waals surface area contributed by atoms with E-state index in [-0.39, 0.29) is 19.0 Å². The van der Waals surface area contributed by atoms with Gasteiger partial charge in [-0.2, -0.15) is 5.26 Å². The minimum Gasteiger partial charge on any atom is -0.355 e. The molecule has 2 heterocycles. The van der Waals surface area contributed by atoms with Crippen molar-refractivity contribution in [3.63, 3.8) is 0 Å². The highest BCUT2D eigenvalue weighted by Gasteiger charge is 2.17. The monoisotopic (exact) mass is 431 g/mol. The maximum Gasteiger partial charge on any atom is 0.331 e. The normalized spacial score (nSPS) is 10.8. The average Bonchev–Trinajstić information content (AvgIpc) is 2.93. The van der Waals surface area contributed by atoms with Crippen molar-refractivity contribution in [3.8, 4) is 17.2 Å². The number of nitrogens with zero attached hydrogens (tertiary/aromatic N) is 4. The number of unbranched alkanes of at least 4 members (excludes halogenated alkanes) is 1. The summed E-state index contributed by atoms with van der Waals surface area (Å²) in [6.07, 6.45) is 3.41. The van der Waals surface area contributed by atoms with Gasteiger partial charge in [-0.25, -0.2) is 9.78 Å². The Hall–Kier alpha value is -2.82. The Kier molecular flexibility index (Phi) is 6.57. The van der Waals surface area contributed by atoms with Crippen LogP contribution in [0.5, 0.6) is 0 Å². The molecule has 0 spiro atoms. The highest BCUT2D eigenvalue weighted by atomic mass is 35.5. The standard InChI is InChI=1S/C20H19Cl2N5O2/c1-2-3-5-24-18(28)12-27-19-17(26(6-4-23)20(27)29)9-14(11-25-19)13-7-15(21)10-16(22)8-13/h7-11H,2-3,5-6,12H2,1H3,(H,24,28). The number of carbonyl (C=O) groups is 1. The van der Waals surface area contributed by atoms with Crippen molar-refractivity contribution >= 4 is 40.3 Å². The van der Waals surface area contributed by atoms with Crippen molar-refractivity contribution in [2.45, 2.75) is 32.9 Å². The van der Waals surface area contributed by atoms with E-state index < -0.39 is 5.69 Å². The summed E-state index contributed by atoms with van der Waals surface area (Å²) in [6, 6.07) is 8.82. The van der Waals surface area contributed by atoms with E-state index in [0.29, 0.717) is 33.3 Å². The molecule has 150 valence electrons. The molecule has 1 aromatic carbocycles. The third kappa shape index (κ3) is 4.61. The lowest BCUT2D eigenvalue weighted by Gasteiger charge is -2.06. The molecule has 0 saturated heterocycles. The van der Waals surface area contributed by atoms with Crippen LogP contribution in [0.3, 0.4) is 0 Å². The number of nitrogens with one attached hydrogen (secondary N) is 1. The molecule has 0 aliphatic heterocycles. The first-order valence-electron chi connectivity index (χ1n) is 9.13. The number of hydrogen-bond donors (Lipinski definition) is 1. The van der Waals surface area contributed by atoms with Gasteiger partial charge in [0.05, 0.1) is 11.6 Å². The second-order valence-corrected chi connectivity index (χ2v) is 7.41. The minimum absolute atomic E-state index is 0.152. The number of benzene rings is 1. The number of amides is 1. The molecular weight excluding hydrogens is 413 g/mol. The maximum absolute atomic E-state index is 12.8. The molecule has 2 aromatic heterocycles. The van der Waals surface area contributed by atoms with E-state index in [1.807, 2.05) is 13.0 Å². The molecule has 7 nitrogen and oxygen atoms in total. The maximum atomic E-state index is 12.8. The highest BCUT2D eigenvalue weighted by Crippen LogP contribution is 2.28. The van der Waals surface area contributed by atoms with Gasteiger partial charge in [-0.1, -0.05) is 36.5 Å². The van der Waals surface area contributed by atoms with Gasteiger partial charge >= 0.3 is 5.69 Å². The molecule has 0 fully saturated rings. The summed E-state index contributed by atoms with van der Waals surface area (Å²) in [5.74, 6) is -0.274. The van der Waals surface area contributed by atoms with E-state index in [4.69, 9.17) is 28.5 Å². The number of halogens is 2. The van der Waals surface area contributed by atoms with Crippen LogP contribution in [0.4, 0.5) is 0 Å². The number of fused-ring (bicyclic) bond motifs is 1. The zero-order valence-electron chi connectivity index (χ0n) is 15.8. The number of carbonyl (C=O) groups excluding carboxylic acids is 1. The van der Waals surface area contributed by atoms with Crippen LogP contribution in [-0.4, -0.2) is 26.6 Å². The molecule has 0 radical (unpaired) electrons. The Bertz CT molecular complexity index is 1140. The van der Waals surface area contributed by atoms with Crippen molar-refractivity contribution in [3.05, 3.63) is 51.0 Å².